The van der Waals surface area contributed by atoms with Crippen LogP contribution in [0.25, 0.3) is 5.57 Å². The summed E-state index contributed by atoms with van der Waals surface area (Å²) in [4.78, 5) is 0. The van der Waals surface area contributed by atoms with Crippen LogP contribution < -0.4 is 10.1 Å². The third-order valence-electron chi connectivity index (χ3n) is 3.48. The number of nitrogens with one attached hydrogen (secondary N) is 1. The van der Waals surface area contributed by atoms with Crippen molar-refractivity contribution in [3.05, 3.63) is 35.9 Å². The molecule has 3 rings (SSSR count). The maximum absolute atomic E-state index is 5.86. The first-order valence-corrected chi connectivity index (χ1v) is 6.66. The predicted molar refractivity (Wildman–Crippen MR) is 71.8 cm³/mol. The Labute approximate surface area is 108 Å². The fourth-order valence-electron chi connectivity index (χ4n) is 2.43. The van der Waals surface area contributed by atoms with Crippen molar-refractivity contribution in [3.63, 3.8) is 0 Å². The molecule has 18 heavy (non-hydrogen) atoms. The first kappa shape index (κ1) is 11.8. The lowest BCUT2D eigenvalue weighted by atomic mass is 10.0. The highest BCUT2D eigenvalue weighted by Crippen LogP contribution is 2.23. The van der Waals surface area contributed by atoms with Gasteiger partial charge in [-0.3, -0.25) is 0 Å². The number of benzene rings is 1. The van der Waals surface area contributed by atoms with Crippen LogP contribution in [0, 0.1) is 0 Å². The quantitative estimate of drug-likeness (QED) is 0.886. The van der Waals surface area contributed by atoms with Crippen LogP contribution in [0.15, 0.2) is 30.3 Å². The van der Waals surface area contributed by atoms with Crippen LogP contribution in [0.1, 0.15) is 18.4 Å². The van der Waals surface area contributed by atoms with Crippen LogP contribution in [0.4, 0.5) is 0 Å². The van der Waals surface area contributed by atoms with E-state index < -0.39 is 0 Å². The second-order valence-corrected chi connectivity index (χ2v) is 4.81. The third kappa shape index (κ3) is 2.74. The molecule has 1 aromatic carbocycles. The first-order valence-electron chi connectivity index (χ1n) is 6.66. The molecule has 0 radical (unpaired) electrons. The summed E-state index contributed by atoms with van der Waals surface area (Å²) in [5.74, 6) is 0.948. The molecule has 2 aliphatic heterocycles. The van der Waals surface area contributed by atoms with Gasteiger partial charge >= 0.3 is 0 Å². The maximum Gasteiger partial charge on any atom is 0.124 e. The van der Waals surface area contributed by atoms with Crippen LogP contribution in [-0.4, -0.2) is 32.4 Å². The molecule has 0 aromatic heterocycles. The monoisotopic (exact) mass is 245 g/mol. The number of ether oxygens (including phenoxy) is 2. The van der Waals surface area contributed by atoms with E-state index in [2.05, 4.69) is 35.7 Å². The van der Waals surface area contributed by atoms with Crippen molar-refractivity contribution in [2.24, 2.45) is 0 Å². The van der Waals surface area contributed by atoms with Crippen molar-refractivity contribution in [1.82, 2.24) is 5.32 Å². The average molecular weight is 245 g/mol. The highest BCUT2D eigenvalue weighted by Gasteiger charge is 2.17. The summed E-state index contributed by atoms with van der Waals surface area (Å²) >= 11 is 0. The van der Waals surface area contributed by atoms with Gasteiger partial charge in [-0.1, -0.05) is 18.2 Å². The highest BCUT2D eigenvalue weighted by molar-refractivity contribution is 5.67. The Hall–Kier alpha value is -1.32. The Morgan fingerprint density at radius 1 is 1.22 bits per heavy atom. The van der Waals surface area contributed by atoms with Crippen LogP contribution in [-0.2, 0) is 4.74 Å². The summed E-state index contributed by atoms with van der Waals surface area (Å²) in [6.45, 7) is 3.59. The molecular formula is C15H19NO2. The molecule has 1 N–H and O–H groups in total. The van der Waals surface area contributed by atoms with Gasteiger partial charge in [-0.15, -0.1) is 0 Å². The van der Waals surface area contributed by atoms with Crippen LogP contribution >= 0.6 is 0 Å². The van der Waals surface area contributed by atoms with E-state index in [1.54, 1.807) is 0 Å². The molecule has 1 atom stereocenters. The average Bonchev–Trinajstić information content (AvgIpc) is 2.94. The van der Waals surface area contributed by atoms with Crippen molar-refractivity contribution in [1.29, 1.82) is 0 Å². The van der Waals surface area contributed by atoms with Gasteiger partial charge in [0.25, 0.3) is 0 Å². The summed E-state index contributed by atoms with van der Waals surface area (Å²) in [5.41, 5.74) is 2.75. The molecule has 0 saturated carbocycles. The lowest BCUT2D eigenvalue weighted by Gasteiger charge is -2.15. The number of hydrogen-bond acceptors (Lipinski definition) is 3. The summed E-state index contributed by atoms with van der Waals surface area (Å²) in [6.07, 6.45) is 4.60. The van der Waals surface area contributed by atoms with Crippen molar-refractivity contribution in [3.8, 4) is 5.75 Å². The lowest BCUT2D eigenvalue weighted by Crippen LogP contribution is -2.20. The third-order valence-corrected chi connectivity index (χ3v) is 3.48. The molecule has 0 spiro atoms. The molecule has 1 fully saturated rings. The highest BCUT2D eigenvalue weighted by atomic mass is 16.5. The largest absolute Gasteiger partial charge is 0.488 e. The molecule has 0 amide bonds. The minimum Gasteiger partial charge on any atom is -0.488 e. The van der Waals surface area contributed by atoms with Gasteiger partial charge < -0.3 is 14.8 Å². The molecule has 2 aliphatic rings. The minimum absolute atomic E-state index is 0.231. The topological polar surface area (TPSA) is 30.5 Å². The molecule has 1 aromatic rings. The zero-order valence-corrected chi connectivity index (χ0v) is 10.5. The molecule has 1 saturated heterocycles. The minimum atomic E-state index is 0.231. The predicted octanol–water partition coefficient (Wildman–Crippen LogP) is 2.23. The van der Waals surface area contributed by atoms with Gasteiger partial charge in [0.1, 0.15) is 11.9 Å². The van der Waals surface area contributed by atoms with Gasteiger partial charge in [0, 0.05) is 13.0 Å². The van der Waals surface area contributed by atoms with E-state index in [0.717, 1.165) is 44.9 Å². The lowest BCUT2D eigenvalue weighted by molar-refractivity contribution is 0.141. The van der Waals surface area contributed by atoms with E-state index >= 15 is 0 Å². The second kappa shape index (κ2) is 5.55. The van der Waals surface area contributed by atoms with Crippen molar-refractivity contribution >= 4 is 5.57 Å². The SMILES string of the molecule is C1=C(c2ccc(OC3CCOC3)cc2)CCNC1. The zero-order chi connectivity index (χ0) is 12.2. The summed E-state index contributed by atoms with van der Waals surface area (Å²) in [5, 5.41) is 3.33. The van der Waals surface area contributed by atoms with Gasteiger partial charge in [0.15, 0.2) is 0 Å². The van der Waals surface area contributed by atoms with Gasteiger partial charge in [-0.2, -0.15) is 0 Å². The Morgan fingerprint density at radius 3 is 2.78 bits per heavy atom. The van der Waals surface area contributed by atoms with E-state index in [0.29, 0.717) is 0 Å². The molecule has 1 unspecified atom stereocenters. The van der Waals surface area contributed by atoms with E-state index in [-0.39, 0.29) is 6.10 Å². The van der Waals surface area contributed by atoms with E-state index in [4.69, 9.17) is 9.47 Å². The molecular weight excluding hydrogens is 226 g/mol. The maximum atomic E-state index is 5.86. The van der Waals surface area contributed by atoms with Gasteiger partial charge in [0.05, 0.1) is 13.2 Å². The standard InChI is InChI=1S/C15H19NO2/c1-3-14(18-15-7-10-17-11-15)4-2-12(1)13-5-8-16-9-6-13/h1-5,15-16H,6-11H2. The number of rotatable bonds is 3. The Morgan fingerprint density at radius 2 is 2.11 bits per heavy atom. The van der Waals surface area contributed by atoms with Crippen molar-refractivity contribution in [2.75, 3.05) is 26.3 Å². The first-order chi connectivity index (χ1) is 8.92. The summed E-state index contributed by atoms with van der Waals surface area (Å²) in [7, 11) is 0. The van der Waals surface area contributed by atoms with Crippen LogP contribution in [0.2, 0.25) is 0 Å². The van der Waals surface area contributed by atoms with Gasteiger partial charge in [-0.25, -0.2) is 0 Å². The molecule has 96 valence electrons. The van der Waals surface area contributed by atoms with Gasteiger partial charge in [-0.05, 0) is 36.2 Å². The molecule has 0 bridgehead atoms. The molecule has 3 heteroatoms. The van der Waals surface area contributed by atoms with Crippen molar-refractivity contribution < 1.29 is 9.47 Å². The molecule has 3 nitrogen and oxygen atoms in total. The van der Waals surface area contributed by atoms with Gasteiger partial charge in [0.2, 0.25) is 0 Å². The normalized spacial score (nSPS) is 23.8. The number of hydrogen-bond donors (Lipinski definition) is 1. The summed E-state index contributed by atoms with van der Waals surface area (Å²) < 4.78 is 11.2. The zero-order valence-electron chi connectivity index (χ0n) is 10.5. The second-order valence-electron chi connectivity index (χ2n) is 4.81. The smallest absolute Gasteiger partial charge is 0.124 e. The summed E-state index contributed by atoms with van der Waals surface area (Å²) in [6, 6.07) is 8.44. The van der Waals surface area contributed by atoms with E-state index in [1.165, 1.54) is 11.1 Å². The fourth-order valence-corrected chi connectivity index (χ4v) is 2.43. The van der Waals surface area contributed by atoms with Crippen LogP contribution in [0.3, 0.4) is 0 Å². The fraction of sp³-hybridized carbons (Fsp3) is 0.467. The Bertz CT molecular complexity index is 419. The molecule has 0 aliphatic carbocycles. The van der Waals surface area contributed by atoms with Crippen LogP contribution in [0.5, 0.6) is 5.75 Å². The van der Waals surface area contributed by atoms with E-state index in [9.17, 15) is 0 Å². The molecule has 2 heterocycles. The van der Waals surface area contributed by atoms with E-state index in [1.807, 2.05) is 0 Å². The Balaban J connectivity index is 1.66. The van der Waals surface area contributed by atoms with Crippen molar-refractivity contribution in [2.45, 2.75) is 18.9 Å². The Kier molecular flexibility index (Phi) is 3.62.